The first kappa shape index (κ1) is 16.0. The van der Waals surface area contributed by atoms with Crippen molar-refractivity contribution < 1.29 is 4.39 Å². The van der Waals surface area contributed by atoms with Crippen molar-refractivity contribution in [3.05, 3.63) is 70.0 Å². The summed E-state index contributed by atoms with van der Waals surface area (Å²) in [6, 6.07) is 12.6. The number of halogens is 2. The molecule has 0 aliphatic rings. The smallest absolute Gasteiger partial charge is 0.127 e. The fourth-order valence-corrected chi connectivity index (χ4v) is 2.54. The second-order valence-corrected chi connectivity index (χ2v) is 6.79. The average molecular weight is 306 g/mol. The first-order chi connectivity index (χ1) is 9.79. The van der Waals surface area contributed by atoms with E-state index in [1.807, 2.05) is 12.1 Å². The molecule has 0 spiro atoms. The Morgan fingerprint density at radius 1 is 1.10 bits per heavy atom. The number of hydrogen-bond acceptors (Lipinski definition) is 1. The molecule has 3 heteroatoms. The summed E-state index contributed by atoms with van der Waals surface area (Å²) in [6.45, 7) is 6.50. The molecule has 2 rings (SSSR count). The second kappa shape index (κ2) is 6.17. The van der Waals surface area contributed by atoms with Crippen LogP contribution in [0.3, 0.4) is 0 Å². The van der Waals surface area contributed by atoms with Crippen LogP contribution in [0.15, 0.2) is 42.5 Å². The Hall–Kier alpha value is -1.38. The Labute approximate surface area is 130 Å². The summed E-state index contributed by atoms with van der Waals surface area (Å²) in [4.78, 5) is 0. The van der Waals surface area contributed by atoms with Crippen molar-refractivity contribution in [3.8, 4) is 0 Å². The Morgan fingerprint density at radius 2 is 1.71 bits per heavy atom. The number of benzene rings is 2. The van der Waals surface area contributed by atoms with Crippen LogP contribution in [0.2, 0.25) is 5.02 Å². The molecule has 0 saturated carbocycles. The van der Waals surface area contributed by atoms with E-state index in [2.05, 4.69) is 32.9 Å². The lowest BCUT2D eigenvalue weighted by Gasteiger charge is -2.20. The Morgan fingerprint density at radius 3 is 2.24 bits per heavy atom. The van der Waals surface area contributed by atoms with Gasteiger partial charge < -0.3 is 5.73 Å². The van der Waals surface area contributed by atoms with Gasteiger partial charge >= 0.3 is 0 Å². The molecule has 0 saturated heterocycles. The van der Waals surface area contributed by atoms with Crippen molar-refractivity contribution in [1.82, 2.24) is 0 Å². The Balaban J connectivity index is 2.19. The van der Waals surface area contributed by atoms with Crippen LogP contribution in [0.4, 0.5) is 4.39 Å². The van der Waals surface area contributed by atoms with Crippen molar-refractivity contribution in [2.75, 3.05) is 0 Å². The highest BCUT2D eigenvalue weighted by Gasteiger charge is 2.16. The summed E-state index contributed by atoms with van der Waals surface area (Å²) in [5.74, 6) is -0.302. The van der Waals surface area contributed by atoms with Gasteiger partial charge in [-0.2, -0.15) is 0 Å². The molecule has 0 bridgehead atoms. The van der Waals surface area contributed by atoms with Gasteiger partial charge in [0.25, 0.3) is 0 Å². The largest absolute Gasteiger partial charge is 0.324 e. The molecule has 1 nitrogen and oxygen atoms in total. The van der Waals surface area contributed by atoms with E-state index in [0.717, 1.165) is 5.56 Å². The molecule has 0 fully saturated rings. The summed E-state index contributed by atoms with van der Waals surface area (Å²) < 4.78 is 13.8. The molecule has 2 aromatic carbocycles. The van der Waals surface area contributed by atoms with Crippen molar-refractivity contribution in [1.29, 1.82) is 0 Å². The molecule has 0 amide bonds. The molecule has 0 heterocycles. The summed E-state index contributed by atoms with van der Waals surface area (Å²) in [7, 11) is 0. The van der Waals surface area contributed by atoms with Crippen LogP contribution in [0, 0.1) is 5.82 Å². The molecule has 1 unspecified atom stereocenters. The minimum Gasteiger partial charge on any atom is -0.324 e. The highest BCUT2D eigenvalue weighted by Crippen LogP contribution is 2.27. The van der Waals surface area contributed by atoms with Crippen LogP contribution in [-0.4, -0.2) is 0 Å². The maximum atomic E-state index is 13.8. The van der Waals surface area contributed by atoms with Crippen molar-refractivity contribution in [2.24, 2.45) is 5.73 Å². The van der Waals surface area contributed by atoms with Crippen LogP contribution in [0.5, 0.6) is 0 Å². The molecule has 2 aromatic rings. The van der Waals surface area contributed by atoms with Crippen LogP contribution in [0.1, 0.15) is 43.5 Å². The minimum atomic E-state index is -0.302. The fourth-order valence-electron chi connectivity index (χ4n) is 2.30. The molecule has 0 radical (unpaired) electrons. The molecule has 0 aliphatic heterocycles. The fraction of sp³-hybridized carbons (Fsp3) is 0.333. The Kier molecular flexibility index (Phi) is 4.70. The van der Waals surface area contributed by atoms with Gasteiger partial charge in [0.05, 0.1) is 0 Å². The summed E-state index contributed by atoms with van der Waals surface area (Å²) in [6.07, 6.45) is 0.389. The van der Waals surface area contributed by atoms with E-state index in [4.69, 9.17) is 17.3 Å². The van der Waals surface area contributed by atoms with E-state index in [1.165, 1.54) is 11.6 Å². The normalized spacial score (nSPS) is 13.2. The maximum Gasteiger partial charge on any atom is 0.127 e. The van der Waals surface area contributed by atoms with Crippen LogP contribution >= 0.6 is 11.6 Å². The lowest BCUT2D eigenvalue weighted by atomic mass is 9.86. The predicted molar refractivity (Wildman–Crippen MR) is 87.2 cm³/mol. The zero-order valence-corrected chi connectivity index (χ0v) is 13.4. The average Bonchev–Trinajstić information content (AvgIpc) is 2.42. The van der Waals surface area contributed by atoms with Crippen molar-refractivity contribution >= 4 is 11.6 Å². The van der Waals surface area contributed by atoms with Gasteiger partial charge in [-0.3, -0.25) is 0 Å². The van der Waals surface area contributed by atoms with Gasteiger partial charge in [0.15, 0.2) is 0 Å². The predicted octanol–water partition coefficient (Wildman–Crippen LogP) is 5.02. The first-order valence-electron chi connectivity index (χ1n) is 7.08. The lowest BCUT2D eigenvalue weighted by Crippen LogP contribution is -2.16. The summed E-state index contributed by atoms with van der Waals surface area (Å²) in [5.41, 5.74) is 9.03. The summed E-state index contributed by atoms with van der Waals surface area (Å²) >= 11 is 6.05. The van der Waals surface area contributed by atoms with Crippen molar-refractivity contribution in [2.45, 2.75) is 38.6 Å². The highest BCUT2D eigenvalue weighted by molar-refractivity contribution is 6.31. The summed E-state index contributed by atoms with van der Waals surface area (Å²) in [5, 5.41) is 0.428. The van der Waals surface area contributed by atoms with Crippen molar-refractivity contribution in [3.63, 3.8) is 0 Å². The number of nitrogens with two attached hydrogens (primary N) is 1. The van der Waals surface area contributed by atoms with E-state index in [0.29, 0.717) is 17.0 Å². The molecule has 0 aromatic heterocycles. The van der Waals surface area contributed by atoms with Gasteiger partial charge in [0.1, 0.15) is 5.82 Å². The highest BCUT2D eigenvalue weighted by atomic mass is 35.5. The molecular weight excluding hydrogens is 285 g/mol. The molecule has 1 atom stereocenters. The molecule has 0 aliphatic carbocycles. The van der Waals surface area contributed by atoms with Gasteiger partial charge in [-0.1, -0.05) is 62.7 Å². The first-order valence-corrected chi connectivity index (χ1v) is 7.46. The molecule has 21 heavy (non-hydrogen) atoms. The maximum absolute atomic E-state index is 13.8. The van der Waals surface area contributed by atoms with E-state index < -0.39 is 0 Å². The Bertz CT molecular complexity index is 594. The topological polar surface area (TPSA) is 26.0 Å². The molecule has 2 N–H and O–H groups in total. The van der Waals surface area contributed by atoms with Gasteiger partial charge in [0, 0.05) is 16.6 Å². The van der Waals surface area contributed by atoms with Crippen LogP contribution in [0.25, 0.3) is 0 Å². The molecular formula is C18H21ClFN. The van der Waals surface area contributed by atoms with Gasteiger partial charge in [-0.15, -0.1) is 0 Å². The number of rotatable bonds is 3. The quantitative estimate of drug-likeness (QED) is 0.846. The standard InChI is InChI=1S/C18H21ClFN/c1-18(2,3)13-9-7-12(8-10-13)17(21)11-14-15(19)5-4-6-16(14)20/h4-10,17H,11,21H2,1-3H3. The lowest BCUT2D eigenvalue weighted by molar-refractivity contribution is 0.586. The molecule has 112 valence electrons. The monoisotopic (exact) mass is 305 g/mol. The number of hydrogen-bond donors (Lipinski definition) is 1. The minimum absolute atomic E-state index is 0.109. The third-order valence-electron chi connectivity index (χ3n) is 3.69. The van der Waals surface area contributed by atoms with Crippen LogP contribution in [-0.2, 0) is 11.8 Å². The van der Waals surface area contributed by atoms with Gasteiger partial charge in [-0.05, 0) is 35.1 Å². The SMILES string of the molecule is CC(C)(C)c1ccc(C(N)Cc2c(F)cccc2Cl)cc1. The van der Waals surface area contributed by atoms with E-state index in [9.17, 15) is 4.39 Å². The third-order valence-corrected chi connectivity index (χ3v) is 4.04. The van der Waals surface area contributed by atoms with Crippen LogP contribution < -0.4 is 5.73 Å². The van der Waals surface area contributed by atoms with E-state index >= 15 is 0 Å². The zero-order chi connectivity index (χ0) is 15.6. The zero-order valence-electron chi connectivity index (χ0n) is 12.7. The van der Waals surface area contributed by atoms with Gasteiger partial charge in [-0.25, -0.2) is 4.39 Å². The van der Waals surface area contributed by atoms with E-state index in [-0.39, 0.29) is 17.3 Å². The second-order valence-electron chi connectivity index (χ2n) is 6.38. The van der Waals surface area contributed by atoms with E-state index in [1.54, 1.807) is 12.1 Å². The third kappa shape index (κ3) is 3.84. The van der Waals surface area contributed by atoms with Gasteiger partial charge in [0.2, 0.25) is 0 Å².